The molecule has 0 aliphatic heterocycles. The number of hydrogen-bond donors (Lipinski definition) is 5. The van der Waals surface area contributed by atoms with Crippen molar-refractivity contribution in [1.82, 2.24) is 0 Å². The van der Waals surface area contributed by atoms with Gasteiger partial charge < -0.3 is 20.1 Å². The fraction of sp³-hybridized carbons (Fsp3) is 0.750. The van der Waals surface area contributed by atoms with Crippen molar-refractivity contribution in [3.63, 3.8) is 0 Å². The summed E-state index contributed by atoms with van der Waals surface area (Å²) >= 11 is 6.93. The molecular formula is C8H16O6S2. The summed E-state index contributed by atoms with van der Waals surface area (Å²) in [6, 6.07) is 0. The fourth-order valence-electron chi connectivity index (χ4n) is 0.287. The average Bonchev–Trinajstić information content (AvgIpc) is 2.25. The second kappa shape index (κ2) is 11.2. The topological polar surface area (TPSA) is 104 Å². The molecule has 6 nitrogen and oxygen atoms in total. The third kappa shape index (κ3) is 13.7. The van der Waals surface area contributed by atoms with Crippen LogP contribution in [-0.4, -0.2) is 57.6 Å². The Labute approximate surface area is 104 Å². The van der Waals surface area contributed by atoms with Gasteiger partial charge in [-0.2, -0.15) is 12.6 Å². The van der Waals surface area contributed by atoms with Crippen LogP contribution in [0.3, 0.4) is 0 Å². The molecule has 0 spiro atoms. The molecule has 0 amide bonds. The Morgan fingerprint density at radius 3 is 2.06 bits per heavy atom. The Kier molecular flexibility index (Phi) is 12.7. The summed E-state index contributed by atoms with van der Waals surface area (Å²) in [6.45, 7) is 0.797. The number of carbonyl (C=O) groups is 2. The molecule has 0 aromatic heterocycles. The van der Waals surface area contributed by atoms with Crippen LogP contribution < -0.4 is 0 Å². The van der Waals surface area contributed by atoms with Crippen LogP contribution in [0.15, 0.2) is 0 Å². The molecule has 0 radical (unpaired) electrons. The number of carbonyl (C=O) groups excluding carboxylic acids is 2. The predicted octanol–water partition coefficient (Wildman–Crippen LogP) is -1.36. The maximum Gasteiger partial charge on any atom is 0.315 e. The van der Waals surface area contributed by atoms with Crippen molar-refractivity contribution < 1.29 is 29.6 Å². The minimum atomic E-state index is -0.983. The second-order valence-corrected chi connectivity index (χ2v) is 3.45. The van der Waals surface area contributed by atoms with Crippen molar-refractivity contribution in [2.75, 3.05) is 19.0 Å². The molecule has 0 aromatic rings. The second-order valence-electron chi connectivity index (χ2n) is 2.69. The number of hydrogen-bond acceptors (Lipinski definition) is 7. The number of ether oxygens (including phenoxy) is 1. The zero-order valence-corrected chi connectivity index (χ0v) is 10.5. The molecule has 0 heterocycles. The lowest BCUT2D eigenvalue weighted by Gasteiger charge is -2.06. The third-order valence-corrected chi connectivity index (χ3v) is 1.77. The lowest BCUT2D eigenvalue weighted by atomic mass is 10.4. The molecule has 0 fully saturated rings. The summed E-state index contributed by atoms with van der Waals surface area (Å²) in [7, 11) is 0. The van der Waals surface area contributed by atoms with Crippen molar-refractivity contribution in [3.05, 3.63) is 0 Å². The van der Waals surface area contributed by atoms with Gasteiger partial charge in [0.2, 0.25) is 5.12 Å². The molecule has 3 N–H and O–H groups in total. The molecule has 0 rings (SSSR count). The van der Waals surface area contributed by atoms with Crippen LogP contribution in [0, 0.1) is 0 Å². The van der Waals surface area contributed by atoms with Gasteiger partial charge in [-0.15, -0.1) is 12.6 Å². The van der Waals surface area contributed by atoms with Crippen molar-refractivity contribution in [3.8, 4) is 0 Å². The van der Waals surface area contributed by atoms with Crippen LogP contribution >= 0.6 is 25.3 Å². The van der Waals surface area contributed by atoms with Crippen molar-refractivity contribution in [2.45, 2.75) is 19.1 Å². The number of esters is 1. The molecule has 0 aliphatic carbocycles. The third-order valence-electron chi connectivity index (χ3n) is 1.13. The summed E-state index contributed by atoms with van der Waals surface area (Å²) in [6.07, 6.45) is -1.91. The van der Waals surface area contributed by atoms with Gasteiger partial charge in [0, 0.05) is 0 Å². The van der Waals surface area contributed by atoms with E-state index in [1.54, 1.807) is 0 Å². The highest BCUT2D eigenvalue weighted by Gasteiger charge is 2.04. The van der Waals surface area contributed by atoms with Gasteiger partial charge in [0.05, 0.1) is 12.4 Å². The number of aliphatic hydroxyl groups excluding tert-OH is 3. The first kappa shape index (κ1) is 18.1. The Morgan fingerprint density at radius 1 is 1.38 bits per heavy atom. The van der Waals surface area contributed by atoms with E-state index in [0.717, 1.165) is 0 Å². The normalized spacial score (nSPS) is 13.1. The maximum absolute atomic E-state index is 10.3. The van der Waals surface area contributed by atoms with Crippen LogP contribution in [0.2, 0.25) is 0 Å². The number of rotatable bonds is 5. The van der Waals surface area contributed by atoms with Crippen LogP contribution in [0.1, 0.15) is 6.92 Å². The lowest BCUT2D eigenvalue weighted by molar-refractivity contribution is -0.144. The smallest absolute Gasteiger partial charge is 0.315 e. The highest BCUT2D eigenvalue weighted by Crippen LogP contribution is 1.86. The zero-order valence-electron chi connectivity index (χ0n) is 8.74. The molecule has 0 aliphatic rings. The highest BCUT2D eigenvalue weighted by atomic mass is 32.1. The van der Waals surface area contributed by atoms with Gasteiger partial charge in [0.25, 0.3) is 0 Å². The molecule has 0 saturated heterocycles. The SMILES string of the molecule is CC(O)C(=O)S.O=C(CS)OCC(O)CO. The Bertz CT molecular complexity index is 209. The predicted molar refractivity (Wildman–Crippen MR) is 63.6 cm³/mol. The molecule has 0 saturated carbocycles. The molecule has 2 atom stereocenters. The standard InChI is InChI=1S/C5H10O4S.C3H6O2S/c6-1-4(7)2-9-5(8)3-10;1-2(4)3(5)6/h4,6-7,10H,1-3H2;2,4H,1H3,(H,5,6). The van der Waals surface area contributed by atoms with Gasteiger partial charge in [-0.25, -0.2) is 0 Å². The first-order valence-electron chi connectivity index (χ1n) is 4.31. The van der Waals surface area contributed by atoms with Gasteiger partial charge in [0.1, 0.15) is 18.8 Å². The largest absolute Gasteiger partial charge is 0.462 e. The summed E-state index contributed by atoms with van der Waals surface area (Å²) in [5, 5.41) is 24.6. The molecule has 96 valence electrons. The summed E-state index contributed by atoms with van der Waals surface area (Å²) in [5.41, 5.74) is 0. The first-order chi connectivity index (χ1) is 7.34. The minimum Gasteiger partial charge on any atom is -0.462 e. The van der Waals surface area contributed by atoms with Gasteiger partial charge in [0.15, 0.2) is 0 Å². The average molecular weight is 272 g/mol. The highest BCUT2D eigenvalue weighted by molar-refractivity contribution is 7.96. The molecule has 16 heavy (non-hydrogen) atoms. The zero-order chi connectivity index (χ0) is 13.1. The van der Waals surface area contributed by atoms with E-state index in [1.165, 1.54) is 6.92 Å². The van der Waals surface area contributed by atoms with E-state index >= 15 is 0 Å². The van der Waals surface area contributed by atoms with E-state index in [4.69, 9.17) is 15.3 Å². The van der Waals surface area contributed by atoms with Crippen molar-refractivity contribution in [1.29, 1.82) is 0 Å². The van der Waals surface area contributed by atoms with Crippen molar-refractivity contribution in [2.24, 2.45) is 0 Å². The quantitative estimate of drug-likeness (QED) is 0.313. The van der Waals surface area contributed by atoms with Crippen molar-refractivity contribution >= 4 is 36.3 Å². The van der Waals surface area contributed by atoms with E-state index < -0.39 is 29.9 Å². The molecular weight excluding hydrogens is 256 g/mol. The van der Waals surface area contributed by atoms with Crippen LogP contribution in [0.5, 0.6) is 0 Å². The summed E-state index contributed by atoms with van der Waals surface area (Å²) in [4.78, 5) is 20.1. The van der Waals surface area contributed by atoms with Crippen LogP contribution in [-0.2, 0) is 14.3 Å². The Balaban J connectivity index is 0. The van der Waals surface area contributed by atoms with Gasteiger partial charge in [-0.1, -0.05) is 0 Å². The Morgan fingerprint density at radius 2 is 1.81 bits per heavy atom. The first-order valence-corrected chi connectivity index (χ1v) is 5.39. The minimum absolute atomic E-state index is 0.0157. The van der Waals surface area contributed by atoms with Gasteiger partial charge >= 0.3 is 5.97 Å². The van der Waals surface area contributed by atoms with Gasteiger partial charge in [-0.3, -0.25) is 9.59 Å². The lowest BCUT2D eigenvalue weighted by Crippen LogP contribution is -2.22. The maximum atomic E-state index is 10.3. The van der Waals surface area contributed by atoms with E-state index in [-0.39, 0.29) is 12.4 Å². The number of aliphatic hydroxyl groups is 3. The number of thiol groups is 2. The molecule has 0 bridgehead atoms. The Hall–Kier alpha value is -0.280. The molecule has 2 unspecified atom stereocenters. The van der Waals surface area contributed by atoms with E-state index in [2.05, 4.69) is 30.0 Å². The summed E-state index contributed by atoms with van der Waals surface area (Å²) < 4.78 is 4.42. The molecule has 0 aromatic carbocycles. The van der Waals surface area contributed by atoms with Gasteiger partial charge in [-0.05, 0) is 6.92 Å². The van der Waals surface area contributed by atoms with E-state index in [0.29, 0.717) is 0 Å². The fourth-order valence-corrected chi connectivity index (χ4v) is 0.379. The van der Waals surface area contributed by atoms with E-state index in [9.17, 15) is 9.59 Å². The van der Waals surface area contributed by atoms with E-state index in [1.807, 2.05) is 0 Å². The molecule has 8 heteroatoms. The van der Waals surface area contributed by atoms with Crippen LogP contribution in [0.25, 0.3) is 0 Å². The summed E-state index contributed by atoms with van der Waals surface area (Å²) in [5.74, 6) is -0.520. The van der Waals surface area contributed by atoms with Crippen LogP contribution in [0.4, 0.5) is 0 Å². The monoisotopic (exact) mass is 272 g/mol.